The molecule has 94 valence electrons. The van der Waals surface area contributed by atoms with E-state index in [1.807, 2.05) is 20.8 Å². The van der Waals surface area contributed by atoms with E-state index in [1.165, 1.54) is 12.1 Å². The Morgan fingerprint density at radius 3 is 2.00 bits per heavy atom. The third kappa shape index (κ3) is 3.94. The second kappa shape index (κ2) is 4.58. The number of non-ortho nitro benzene ring substituents is 1. The Balaban J connectivity index is 2.96. The lowest BCUT2D eigenvalue weighted by molar-refractivity contribution is -0.384. The van der Waals surface area contributed by atoms with E-state index < -0.39 is 8.32 Å². The number of nitro groups is 1. The Morgan fingerprint density at radius 1 is 1.18 bits per heavy atom. The summed E-state index contributed by atoms with van der Waals surface area (Å²) in [5, 5.41) is 11.6. The van der Waals surface area contributed by atoms with Crippen molar-refractivity contribution in [1.82, 2.24) is 0 Å². The Hall–Kier alpha value is -1.20. The van der Waals surface area contributed by atoms with Crippen LogP contribution in [0.2, 0.25) is 13.1 Å². The van der Waals surface area contributed by atoms with Crippen LogP contribution in [0.3, 0.4) is 0 Å². The van der Waals surface area contributed by atoms with E-state index in [2.05, 4.69) is 13.1 Å². The quantitative estimate of drug-likeness (QED) is 0.473. The molecule has 0 saturated heterocycles. The van der Waals surface area contributed by atoms with Crippen molar-refractivity contribution in [3.05, 3.63) is 34.4 Å². The first-order valence-corrected chi connectivity index (χ1v) is 8.48. The van der Waals surface area contributed by atoms with Gasteiger partial charge in [-0.15, -0.1) is 0 Å². The van der Waals surface area contributed by atoms with Crippen LogP contribution in [0.5, 0.6) is 0 Å². The molecule has 0 bridgehead atoms. The van der Waals surface area contributed by atoms with Crippen LogP contribution in [-0.2, 0) is 4.43 Å². The fraction of sp³-hybridized carbons (Fsp3) is 0.500. The van der Waals surface area contributed by atoms with Crippen molar-refractivity contribution in [3.63, 3.8) is 0 Å². The highest BCUT2D eigenvalue weighted by Crippen LogP contribution is 2.18. The van der Waals surface area contributed by atoms with E-state index in [0.29, 0.717) is 0 Å². The molecule has 0 aliphatic heterocycles. The monoisotopic (exact) mass is 253 g/mol. The molecule has 0 aliphatic carbocycles. The highest BCUT2D eigenvalue weighted by molar-refractivity contribution is 6.84. The minimum atomic E-state index is -2.00. The summed E-state index contributed by atoms with van der Waals surface area (Å²) < 4.78 is 6.08. The van der Waals surface area contributed by atoms with Crippen LogP contribution in [0.25, 0.3) is 0 Å². The average molecular weight is 253 g/mol. The zero-order valence-corrected chi connectivity index (χ0v) is 12.0. The molecule has 0 spiro atoms. The first kappa shape index (κ1) is 13.9. The Labute approximate surface area is 103 Å². The smallest absolute Gasteiger partial charge is 0.269 e. The maximum atomic E-state index is 10.6. The van der Waals surface area contributed by atoms with Gasteiger partial charge in [-0.1, -0.05) is 12.1 Å². The van der Waals surface area contributed by atoms with Gasteiger partial charge in [-0.25, -0.2) is 0 Å². The Morgan fingerprint density at radius 2 is 1.65 bits per heavy atom. The molecule has 0 radical (unpaired) electrons. The fourth-order valence-electron chi connectivity index (χ4n) is 1.81. The molecule has 5 heteroatoms. The van der Waals surface area contributed by atoms with Crippen molar-refractivity contribution in [2.24, 2.45) is 0 Å². The minimum Gasteiger partial charge on any atom is -0.408 e. The number of hydrogen-bond acceptors (Lipinski definition) is 3. The van der Waals surface area contributed by atoms with Crippen LogP contribution in [0.4, 0.5) is 5.69 Å². The van der Waals surface area contributed by atoms with Gasteiger partial charge in [0.05, 0.1) is 4.92 Å². The highest BCUT2D eigenvalue weighted by Gasteiger charge is 2.30. The predicted octanol–water partition coefficient (Wildman–Crippen LogP) is 2.82. The number of nitro benzene ring substituents is 1. The minimum absolute atomic E-state index is 0.120. The normalized spacial score (nSPS) is 12.5. The van der Waals surface area contributed by atoms with Gasteiger partial charge in [-0.05, 0) is 39.1 Å². The van der Waals surface area contributed by atoms with Crippen LogP contribution < -0.4 is 5.19 Å². The molecular weight excluding hydrogens is 234 g/mol. The van der Waals surface area contributed by atoms with E-state index in [1.54, 1.807) is 12.1 Å². The van der Waals surface area contributed by atoms with Crippen molar-refractivity contribution < 1.29 is 9.35 Å². The summed E-state index contributed by atoms with van der Waals surface area (Å²) in [6.45, 7) is 10.3. The highest BCUT2D eigenvalue weighted by atomic mass is 28.4. The van der Waals surface area contributed by atoms with Gasteiger partial charge in [0.2, 0.25) is 8.32 Å². The Kier molecular flexibility index (Phi) is 3.73. The molecule has 0 aromatic heterocycles. The maximum absolute atomic E-state index is 10.6. The molecule has 0 N–H and O–H groups in total. The molecule has 1 aromatic carbocycles. The summed E-state index contributed by atoms with van der Waals surface area (Å²) >= 11 is 0. The van der Waals surface area contributed by atoms with Crippen LogP contribution in [-0.4, -0.2) is 18.8 Å². The first-order chi connectivity index (χ1) is 7.62. The molecule has 0 atom stereocenters. The number of rotatable bonds is 3. The molecule has 0 fully saturated rings. The second-order valence-corrected chi connectivity index (χ2v) is 9.33. The van der Waals surface area contributed by atoms with Gasteiger partial charge >= 0.3 is 0 Å². The van der Waals surface area contributed by atoms with Gasteiger partial charge in [0, 0.05) is 17.7 Å². The van der Waals surface area contributed by atoms with E-state index in [4.69, 9.17) is 4.43 Å². The second-order valence-electron chi connectivity index (χ2n) is 5.53. The van der Waals surface area contributed by atoms with Gasteiger partial charge in [0.25, 0.3) is 5.69 Å². The summed E-state index contributed by atoms with van der Waals surface area (Å²) in [6, 6.07) is 6.68. The third-order valence-corrected chi connectivity index (χ3v) is 5.18. The summed E-state index contributed by atoms with van der Waals surface area (Å²) in [5.41, 5.74) is -0.0772. The summed E-state index contributed by atoms with van der Waals surface area (Å²) in [5.74, 6) is 0. The number of hydrogen-bond donors (Lipinski definition) is 0. The van der Waals surface area contributed by atoms with Crippen molar-refractivity contribution in [3.8, 4) is 0 Å². The van der Waals surface area contributed by atoms with Crippen molar-refractivity contribution in [1.29, 1.82) is 0 Å². The van der Waals surface area contributed by atoms with Gasteiger partial charge in [0.15, 0.2) is 0 Å². The van der Waals surface area contributed by atoms with E-state index in [-0.39, 0.29) is 16.2 Å². The van der Waals surface area contributed by atoms with Crippen LogP contribution in [0.1, 0.15) is 20.8 Å². The lowest BCUT2D eigenvalue weighted by Crippen LogP contribution is -2.49. The topological polar surface area (TPSA) is 52.4 Å². The van der Waals surface area contributed by atoms with Gasteiger partial charge < -0.3 is 4.43 Å². The van der Waals surface area contributed by atoms with E-state index in [0.717, 1.165) is 5.19 Å². The SMILES string of the molecule is CC(C)(C)O[Si](C)(C)c1ccc([N+](=O)[O-])cc1. The van der Waals surface area contributed by atoms with Crippen molar-refractivity contribution in [2.45, 2.75) is 39.5 Å². The molecule has 0 unspecified atom stereocenters. The van der Waals surface area contributed by atoms with Crippen LogP contribution in [0.15, 0.2) is 24.3 Å². The number of benzene rings is 1. The first-order valence-electron chi connectivity index (χ1n) is 5.57. The molecule has 0 amide bonds. The molecule has 1 rings (SSSR count). The zero-order valence-electron chi connectivity index (χ0n) is 11.0. The summed E-state index contributed by atoms with van der Waals surface area (Å²) in [6.07, 6.45) is 0. The van der Waals surface area contributed by atoms with Crippen LogP contribution in [0, 0.1) is 10.1 Å². The van der Waals surface area contributed by atoms with E-state index in [9.17, 15) is 10.1 Å². The molecule has 4 nitrogen and oxygen atoms in total. The van der Waals surface area contributed by atoms with Gasteiger partial charge in [0.1, 0.15) is 0 Å². The van der Waals surface area contributed by atoms with Crippen molar-refractivity contribution >= 4 is 19.2 Å². The average Bonchev–Trinajstić information content (AvgIpc) is 2.14. The largest absolute Gasteiger partial charge is 0.408 e. The molecule has 0 saturated carbocycles. The number of nitrogens with zero attached hydrogens (tertiary/aromatic N) is 1. The molecule has 17 heavy (non-hydrogen) atoms. The van der Waals surface area contributed by atoms with Crippen molar-refractivity contribution in [2.75, 3.05) is 0 Å². The Bertz CT molecular complexity index is 407. The lowest BCUT2D eigenvalue weighted by Gasteiger charge is -2.32. The van der Waals surface area contributed by atoms with Gasteiger partial charge in [-0.3, -0.25) is 10.1 Å². The molecular formula is C12H19NO3Si. The molecule has 0 heterocycles. The summed E-state index contributed by atoms with van der Waals surface area (Å²) in [7, 11) is -2.00. The third-order valence-electron chi connectivity index (χ3n) is 2.33. The van der Waals surface area contributed by atoms with E-state index >= 15 is 0 Å². The summed E-state index contributed by atoms with van der Waals surface area (Å²) in [4.78, 5) is 10.2. The molecule has 1 aromatic rings. The van der Waals surface area contributed by atoms with Crippen LogP contribution >= 0.6 is 0 Å². The zero-order chi connectivity index (χ0) is 13.3. The standard InChI is InChI=1S/C12H19NO3Si/c1-12(2,3)16-17(4,5)11-8-6-10(7-9-11)13(14)15/h6-9H,1-5H3. The molecule has 0 aliphatic rings. The fourth-order valence-corrected chi connectivity index (χ4v) is 4.43. The maximum Gasteiger partial charge on any atom is 0.269 e. The predicted molar refractivity (Wildman–Crippen MR) is 71.1 cm³/mol. The van der Waals surface area contributed by atoms with Gasteiger partial charge in [-0.2, -0.15) is 0 Å². The lowest BCUT2D eigenvalue weighted by atomic mass is 10.2.